The predicted molar refractivity (Wildman–Crippen MR) is 42.2 cm³/mol. The SMILES string of the molecule is O=CC1(O)O[C@H](CO)[C@@H](O)[C@H](O)C1(O)O. The lowest BCUT2D eigenvalue weighted by atomic mass is 9.90. The highest BCUT2D eigenvalue weighted by Gasteiger charge is 2.63. The van der Waals surface area contributed by atoms with Gasteiger partial charge in [0.05, 0.1) is 6.61 Å². The second-order valence-electron chi connectivity index (χ2n) is 3.31. The van der Waals surface area contributed by atoms with Crippen LogP contribution in [0.5, 0.6) is 0 Å². The van der Waals surface area contributed by atoms with Crippen LogP contribution in [0.3, 0.4) is 0 Å². The number of ether oxygens (including phenoxy) is 1. The zero-order valence-corrected chi connectivity index (χ0v) is 7.52. The Morgan fingerprint density at radius 2 is 1.80 bits per heavy atom. The van der Waals surface area contributed by atoms with Gasteiger partial charge in [-0.1, -0.05) is 0 Å². The van der Waals surface area contributed by atoms with Gasteiger partial charge in [-0.3, -0.25) is 4.79 Å². The standard InChI is InChI=1S/C7H12O8/c8-1-3-4(10)5(11)7(13,14)6(12,2-9)15-3/h2-5,8,10-14H,1H2/t3-,4-,5+,6?/m1/s1. The molecule has 8 nitrogen and oxygen atoms in total. The summed E-state index contributed by atoms with van der Waals surface area (Å²) in [6.45, 7) is -0.815. The molecule has 1 saturated heterocycles. The van der Waals surface area contributed by atoms with Crippen molar-refractivity contribution in [3.05, 3.63) is 0 Å². The number of rotatable bonds is 2. The summed E-state index contributed by atoms with van der Waals surface area (Å²) in [5.41, 5.74) is 0. The van der Waals surface area contributed by atoms with Gasteiger partial charge in [0, 0.05) is 0 Å². The number of carbonyl (C=O) groups excluding carboxylic acids is 1. The smallest absolute Gasteiger partial charge is 0.282 e. The van der Waals surface area contributed by atoms with Crippen LogP contribution in [-0.2, 0) is 9.53 Å². The first-order valence-electron chi connectivity index (χ1n) is 4.08. The fourth-order valence-corrected chi connectivity index (χ4v) is 1.30. The minimum Gasteiger partial charge on any atom is -0.394 e. The number of aliphatic hydroxyl groups excluding tert-OH is 3. The van der Waals surface area contributed by atoms with Crippen LogP contribution >= 0.6 is 0 Å². The molecule has 8 heteroatoms. The minimum atomic E-state index is -3.35. The summed E-state index contributed by atoms with van der Waals surface area (Å²) in [7, 11) is 0. The molecule has 1 fully saturated rings. The van der Waals surface area contributed by atoms with Crippen LogP contribution in [-0.4, -0.2) is 73.4 Å². The van der Waals surface area contributed by atoms with Crippen molar-refractivity contribution in [1.29, 1.82) is 0 Å². The molecule has 1 unspecified atom stereocenters. The Bertz CT molecular complexity index is 253. The Morgan fingerprint density at radius 3 is 2.20 bits per heavy atom. The van der Waals surface area contributed by atoms with Crippen molar-refractivity contribution < 1.29 is 40.2 Å². The van der Waals surface area contributed by atoms with Crippen molar-refractivity contribution in [1.82, 2.24) is 0 Å². The molecule has 88 valence electrons. The summed E-state index contributed by atoms with van der Waals surface area (Å²) in [4.78, 5) is 10.4. The number of hydrogen-bond acceptors (Lipinski definition) is 8. The predicted octanol–water partition coefficient (Wildman–Crippen LogP) is -4.33. The highest BCUT2D eigenvalue weighted by molar-refractivity contribution is 5.62. The quantitative estimate of drug-likeness (QED) is 0.204. The molecule has 0 amide bonds. The molecule has 15 heavy (non-hydrogen) atoms. The molecular formula is C7H12O8. The molecule has 0 bridgehead atoms. The number of hydrogen-bond donors (Lipinski definition) is 6. The lowest BCUT2D eigenvalue weighted by Crippen LogP contribution is -2.73. The van der Waals surface area contributed by atoms with E-state index >= 15 is 0 Å². The molecule has 0 aromatic rings. The van der Waals surface area contributed by atoms with Crippen molar-refractivity contribution in [3.8, 4) is 0 Å². The molecule has 0 spiro atoms. The first-order valence-corrected chi connectivity index (χ1v) is 4.08. The molecule has 0 aromatic heterocycles. The fourth-order valence-electron chi connectivity index (χ4n) is 1.30. The summed E-state index contributed by atoms with van der Waals surface area (Å²) in [5, 5.41) is 54.9. The Labute approximate surface area is 84.0 Å². The van der Waals surface area contributed by atoms with Crippen LogP contribution in [0, 0.1) is 0 Å². The van der Waals surface area contributed by atoms with Gasteiger partial charge in [-0.2, -0.15) is 0 Å². The van der Waals surface area contributed by atoms with E-state index in [9.17, 15) is 30.3 Å². The van der Waals surface area contributed by atoms with Crippen molar-refractivity contribution in [2.75, 3.05) is 6.61 Å². The van der Waals surface area contributed by atoms with Gasteiger partial charge in [0.15, 0.2) is 6.29 Å². The van der Waals surface area contributed by atoms with E-state index < -0.39 is 36.5 Å². The van der Waals surface area contributed by atoms with Crippen LogP contribution in [0.25, 0.3) is 0 Å². The average molecular weight is 224 g/mol. The zero-order chi connectivity index (χ0) is 11.9. The largest absolute Gasteiger partial charge is 0.394 e. The van der Waals surface area contributed by atoms with Crippen LogP contribution in [0.2, 0.25) is 0 Å². The van der Waals surface area contributed by atoms with Gasteiger partial charge < -0.3 is 35.4 Å². The summed E-state index contributed by atoms with van der Waals surface area (Å²) in [6.07, 6.45) is -5.93. The molecule has 6 N–H and O–H groups in total. The summed E-state index contributed by atoms with van der Waals surface area (Å²) in [5.74, 6) is -6.45. The first kappa shape index (κ1) is 12.5. The fraction of sp³-hybridized carbons (Fsp3) is 0.857. The lowest BCUT2D eigenvalue weighted by molar-refractivity contribution is -0.426. The Balaban J connectivity index is 3.06. The second-order valence-corrected chi connectivity index (χ2v) is 3.31. The van der Waals surface area contributed by atoms with Crippen molar-refractivity contribution in [2.45, 2.75) is 29.9 Å². The third kappa shape index (κ3) is 1.66. The van der Waals surface area contributed by atoms with Gasteiger partial charge in [-0.15, -0.1) is 0 Å². The Hall–Kier alpha value is -0.610. The van der Waals surface area contributed by atoms with Crippen LogP contribution < -0.4 is 0 Å². The topological polar surface area (TPSA) is 148 Å². The summed E-state index contributed by atoms with van der Waals surface area (Å²) in [6, 6.07) is 0. The third-order valence-corrected chi connectivity index (χ3v) is 2.31. The first-order chi connectivity index (χ1) is 6.80. The van der Waals surface area contributed by atoms with E-state index in [0.29, 0.717) is 0 Å². The highest BCUT2D eigenvalue weighted by atomic mass is 16.7. The second kappa shape index (κ2) is 3.76. The number of aldehydes is 1. The number of carbonyl (C=O) groups is 1. The molecule has 0 aliphatic carbocycles. The van der Waals surface area contributed by atoms with Crippen LogP contribution in [0.15, 0.2) is 0 Å². The maximum atomic E-state index is 10.4. The van der Waals surface area contributed by atoms with Gasteiger partial charge in [0.25, 0.3) is 11.6 Å². The maximum Gasteiger partial charge on any atom is 0.282 e. The molecule has 0 radical (unpaired) electrons. The normalized spacial score (nSPS) is 45.1. The molecule has 4 atom stereocenters. The summed E-state index contributed by atoms with van der Waals surface area (Å²) < 4.78 is 4.40. The zero-order valence-electron chi connectivity index (χ0n) is 7.52. The monoisotopic (exact) mass is 224 g/mol. The van der Waals surface area contributed by atoms with Gasteiger partial charge in [0.1, 0.15) is 18.3 Å². The Kier molecular flexibility index (Phi) is 3.12. The van der Waals surface area contributed by atoms with E-state index in [1.165, 1.54) is 0 Å². The van der Waals surface area contributed by atoms with E-state index in [-0.39, 0.29) is 6.29 Å². The van der Waals surface area contributed by atoms with Gasteiger partial charge in [0.2, 0.25) is 0 Å². The molecule has 1 aliphatic heterocycles. The molecule has 1 heterocycles. The lowest BCUT2D eigenvalue weighted by Gasteiger charge is -2.47. The minimum absolute atomic E-state index is 0.343. The van der Waals surface area contributed by atoms with Gasteiger partial charge in [-0.05, 0) is 0 Å². The van der Waals surface area contributed by atoms with E-state index in [1.807, 2.05) is 0 Å². The number of aliphatic hydroxyl groups is 6. The van der Waals surface area contributed by atoms with E-state index in [1.54, 1.807) is 0 Å². The Morgan fingerprint density at radius 1 is 1.27 bits per heavy atom. The van der Waals surface area contributed by atoms with E-state index in [4.69, 9.17) is 5.11 Å². The molecule has 1 aliphatic rings. The van der Waals surface area contributed by atoms with Crippen LogP contribution in [0.4, 0.5) is 0 Å². The van der Waals surface area contributed by atoms with Crippen molar-refractivity contribution >= 4 is 6.29 Å². The third-order valence-electron chi connectivity index (χ3n) is 2.31. The summed E-state index contributed by atoms with van der Waals surface area (Å²) >= 11 is 0. The molecule has 1 rings (SSSR count). The van der Waals surface area contributed by atoms with Gasteiger partial charge >= 0.3 is 0 Å². The van der Waals surface area contributed by atoms with E-state index in [0.717, 1.165) is 0 Å². The maximum absolute atomic E-state index is 10.4. The van der Waals surface area contributed by atoms with Crippen molar-refractivity contribution in [2.24, 2.45) is 0 Å². The molecule has 0 aromatic carbocycles. The van der Waals surface area contributed by atoms with Crippen molar-refractivity contribution in [3.63, 3.8) is 0 Å². The molecular weight excluding hydrogens is 212 g/mol. The van der Waals surface area contributed by atoms with E-state index in [2.05, 4.69) is 4.74 Å². The molecule has 0 saturated carbocycles. The highest BCUT2D eigenvalue weighted by Crippen LogP contribution is 2.33. The average Bonchev–Trinajstić information content (AvgIpc) is 2.21. The van der Waals surface area contributed by atoms with Crippen LogP contribution in [0.1, 0.15) is 0 Å². The van der Waals surface area contributed by atoms with Gasteiger partial charge in [-0.25, -0.2) is 0 Å².